The summed E-state index contributed by atoms with van der Waals surface area (Å²) in [6, 6.07) is 7.16. The van der Waals surface area contributed by atoms with Gasteiger partial charge in [-0.2, -0.15) is 4.39 Å². The molecule has 3 aromatic rings. The van der Waals surface area contributed by atoms with E-state index in [9.17, 15) is 14.0 Å². The van der Waals surface area contributed by atoms with E-state index in [-0.39, 0.29) is 58.0 Å². The molecule has 39 heavy (non-hydrogen) atoms. The van der Waals surface area contributed by atoms with Gasteiger partial charge in [0.05, 0.1) is 24.6 Å². The normalized spacial score (nSPS) is 13.2. The molecule has 3 rings (SSSR count). The lowest BCUT2D eigenvalue weighted by atomic mass is 10.0. The number of hydrogen-bond donors (Lipinski definition) is 0. The SMILES string of the molecule is CCOC(=O)c1cn([C@H](CO[Si](C)(C)C(C)(C)C)C(C)C)c2nc(F)c(CCc3ccc(F)cc3)cc2c1=O. The Morgan fingerprint density at radius 1 is 1.10 bits per heavy atom. The molecule has 1 aromatic carbocycles. The molecule has 212 valence electrons. The number of fused-ring (bicyclic) bond motifs is 1. The van der Waals surface area contributed by atoms with E-state index < -0.39 is 25.7 Å². The van der Waals surface area contributed by atoms with Crippen molar-refractivity contribution in [1.82, 2.24) is 9.55 Å². The van der Waals surface area contributed by atoms with Crippen LogP contribution in [0.25, 0.3) is 11.0 Å². The number of pyridine rings is 2. The van der Waals surface area contributed by atoms with Crippen LogP contribution in [0.4, 0.5) is 8.78 Å². The van der Waals surface area contributed by atoms with E-state index in [0.29, 0.717) is 13.0 Å². The third-order valence-corrected chi connectivity index (χ3v) is 12.2. The summed E-state index contributed by atoms with van der Waals surface area (Å²) < 4.78 is 42.1. The van der Waals surface area contributed by atoms with Gasteiger partial charge >= 0.3 is 5.97 Å². The van der Waals surface area contributed by atoms with Crippen molar-refractivity contribution in [1.29, 1.82) is 0 Å². The van der Waals surface area contributed by atoms with Gasteiger partial charge in [0.1, 0.15) is 17.0 Å². The van der Waals surface area contributed by atoms with Gasteiger partial charge in [0, 0.05) is 11.8 Å². The highest BCUT2D eigenvalue weighted by Gasteiger charge is 2.38. The molecule has 0 aliphatic heterocycles. The molecule has 0 bridgehead atoms. The fourth-order valence-electron chi connectivity index (χ4n) is 4.11. The molecule has 0 fully saturated rings. The van der Waals surface area contributed by atoms with Crippen LogP contribution < -0.4 is 5.43 Å². The summed E-state index contributed by atoms with van der Waals surface area (Å²) in [5, 5.41) is 0.133. The van der Waals surface area contributed by atoms with E-state index in [2.05, 4.69) is 38.8 Å². The molecule has 0 saturated carbocycles. The smallest absolute Gasteiger partial charge is 0.343 e. The Hall–Kier alpha value is -2.91. The average molecular weight is 559 g/mol. The van der Waals surface area contributed by atoms with Crippen LogP contribution in [-0.2, 0) is 22.0 Å². The zero-order chi connectivity index (χ0) is 29.1. The van der Waals surface area contributed by atoms with Gasteiger partial charge in [-0.3, -0.25) is 4.79 Å². The Kier molecular flexibility index (Phi) is 9.49. The van der Waals surface area contributed by atoms with Gasteiger partial charge in [-0.25, -0.2) is 14.2 Å². The third-order valence-electron chi connectivity index (χ3n) is 7.67. The van der Waals surface area contributed by atoms with Crippen LogP contribution >= 0.6 is 0 Å². The first kappa shape index (κ1) is 30.6. The Morgan fingerprint density at radius 3 is 2.31 bits per heavy atom. The second kappa shape index (κ2) is 12.1. The van der Waals surface area contributed by atoms with E-state index >= 15 is 4.39 Å². The summed E-state index contributed by atoms with van der Waals surface area (Å²) in [6.07, 6.45) is 2.13. The molecule has 6 nitrogen and oxygen atoms in total. The number of carbonyl (C=O) groups is 1. The van der Waals surface area contributed by atoms with Crippen LogP contribution in [0.5, 0.6) is 0 Å². The van der Waals surface area contributed by atoms with Crippen LogP contribution in [0.15, 0.2) is 41.3 Å². The lowest BCUT2D eigenvalue weighted by Crippen LogP contribution is -2.42. The molecular formula is C30H40F2N2O4Si. The van der Waals surface area contributed by atoms with Gasteiger partial charge in [0.25, 0.3) is 0 Å². The molecule has 0 saturated heterocycles. The number of aryl methyl sites for hydroxylation is 2. The summed E-state index contributed by atoms with van der Waals surface area (Å²) in [4.78, 5) is 30.5. The fraction of sp³-hybridized carbons (Fsp3) is 0.500. The first-order valence-electron chi connectivity index (χ1n) is 13.5. The zero-order valence-electron chi connectivity index (χ0n) is 24.2. The number of nitrogens with zero attached hydrogens (tertiary/aromatic N) is 2. The van der Waals surface area contributed by atoms with Gasteiger partial charge in [0.15, 0.2) is 8.32 Å². The van der Waals surface area contributed by atoms with E-state index in [4.69, 9.17) is 9.16 Å². The van der Waals surface area contributed by atoms with Crippen LogP contribution in [0.1, 0.15) is 69.1 Å². The first-order valence-corrected chi connectivity index (χ1v) is 16.4. The van der Waals surface area contributed by atoms with E-state index in [1.54, 1.807) is 23.6 Å². The Morgan fingerprint density at radius 2 is 1.74 bits per heavy atom. The van der Waals surface area contributed by atoms with Crippen molar-refractivity contribution >= 4 is 25.3 Å². The number of hydrogen-bond acceptors (Lipinski definition) is 5. The molecule has 1 atom stereocenters. The van der Waals surface area contributed by atoms with Crippen molar-refractivity contribution < 1.29 is 22.7 Å². The topological polar surface area (TPSA) is 70.4 Å². The molecule has 0 aliphatic carbocycles. The summed E-state index contributed by atoms with van der Waals surface area (Å²) in [6.45, 7) is 16.9. The minimum absolute atomic E-state index is 0.0139. The summed E-state index contributed by atoms with van der Waals surface area (Å²) >= 11 is 0. The van der Waals surface area contributed by atoms with E-state index in [0.717, 1.165) is 5.56 Å². The Balaban J connectivity index is 2.13. The van der Waals surface area contributed by atoms with Crippen molar-refractivity contribution in [2.45, 2.75) is 78.6 Å². The predicted molar refractivity (Wildman–Crippen MR) is 153 cm³/mol. The quantitative estimate of drug-likeness (QED) is 0.155. The van der Waals surface area contributed by atoms with Crippen molar-refractivity contribution in [2.24, 2.45) is 5.92 Å². The lowest BCUT2D eigenvalue weighted by Gasteiger charge is -2.38. The molecule has 9 heteroatoms. The van der Waals surface area contributed by atoms with Crippen molar-refractivity contribution in [3.05, 3.63) is 75.2 Å². The number of benzene rings is 1. The fourth-order valence-corrected chi connectivity index (χ4v) is 5.13. The number of ether oxygens (including phenoxy) is 1. The van der Waals surface area contributed by atoms with Gasteiger partial charge in [0.2, 0.25) is 11.4 Å². The standard InChI is InChI=1S/C30H40F2N2O4Si/c1-9-37-29(36)24-17-34(25(19(2)3)18-38-39(7,8)30(4,5)6)28-23(26(24)35)16-21(27(32)33-28)13-10-20-11-14-22(31)15-12-20/h11-12,14-17,19,25H,9-10,13,18H2,1-8H3/t25-/m1/s1. The molecule has 0 N–H and O–H groups in total. The van der Waals surface area contributed by atoms with Gasteiger partial charge in [-0.05, 0) is 67.6 Å². The zero-order valence-corrected chi connectivity index (χ0v) is 25.2. The monoisotopic (exact) mass is 558 g/mol. The summed E-state index contributed by atoms with van der Waals surface area (Å²) in [5.41, 5.74) is 0.559. The van der Waals surface area contributed by atoms with Crippen LogP contribution in [-0.4, -0.2) is 37.1 Å². The highest BCUT2D eigenvalue weighted by atomic mass is 28.4. The average Bonchev–Trinajstić information content (AvgIpc) is 2.84. The first-order chi connectivity index (χ1) is 18.2. The highest BCUT2D eigenvalue weighted by molar-refractivity contribution is 6.74. The maximum atomic E-state index is 15.4. The number of esters is 1. The number of carbonyl (C=O) groups excluding carboxylic acids is 1. The Bertz CT molecular complexity index is 1380. The predicted octanol–water partition coefficient (Wildman–Crippen LogP) is 6.86. The summed E-state index contributed by atoms with van der Waals surface area (Å²) in [5.74, 6) is -1.74. The van der Waals surface area contributed by atoms with Crippen molar-refractivity contribution in [3.63, 3.8) is 0 Å². The number of rotatable bonds is 10. The van der Waals surface area contributed by atoms with Crippen molar-refractivity contribution in [3.8, 4) is 0 Å². The maximum absolute atomic E-state index is 15.4. The number of aromatic nitrogens is 2. The second-order valence-electron chi connectivity index (χ2n) is 11.8. The molecule has 0 amide bonds. The summed E-state index contributed by atoms with van der Waals surface area (Å²) in [7, 11) is -2.12. The molecule has 2 heterocycles. The van der Waals surface area contributed by atoms with Crippen molar-refractivity contribution in [2.75, 3.05) is 13.2 Å². The Labute approximate surface area is 230 Å². The lowest BCUT2D eigenvalue weighted by molar-refractivity contribution is 0.0523. The van der Waals surface area contributed by atoms with E-state index in [1.807, 2.05) is 13.8 Å². The van der Waals surface area contributed by atoms with Gasteiger partial charge in [-0.15, -0.1) is 0 Å². The van der Waals surface area contributed by atoms with Gasteiger partial charge < -0.3 is 13.7 Å². The molecule has 0 spiro atoms. The van der Waals surface area contributed by atoms with Crippen LogP contribution in [0, 0.1) is 17.7 Å². The van der Waals surface area contributed by atoms with E-state index in [1.165, 1.54) is 24.4 Å². The van der Waals surface area contributed by atoms with Crippen LogP contribution in [0.3, 0.4) is 0 Å². The van der Waals surface area contributed by atoms with Crippen LogP contribution in [0.2, 0.25) is 18.1 Å². The minimum Gasteiger partial charge on any atom is -0.462 e. The molecule has 0 aliphatic rings. The second-order valence-corrected chi connectivity index (χ2v) is 16.6. The third kappa shape index (κ3) is 7.00. The maximum Gasteiger partial charge on any atom is 0.343 e. The minimum atomic E-state index is -2.12. The largest absolute Gasteiger partial charge is 0.462 e. The molecular weight excluding hydrogens is 518 g/mol. The van der Waals surface area contributed by atoms with Gasteiger partial charge in [-0.1, -0.05) is 46.8 Å². The highest BCUT2D eigenvalue weighted by Crippen LogP contribution is 2.37. The molecule has 0 radical (unpaired) electrons. The molecule has 2 aromatic heterocycles. The molecule has 0 unspecified atom stereocenters. The number of halogens is 2.